The Morgan fingerprint density at radius 2 is 0.633 bits per heavy atom. The summed E-state index contributed by atoms with van der Waals surface area (Å²) in [5, 5.41) is 23.3. The van der Waals surface area contributed by atoms with Crippen molar-refractivity contribution in [1.82, 2.24) is 5.32 Å². The molecule has 0 rings (SSSR count). The maximum atomic E-state index is 12.5. The molecule has 0 fully saturated rings. The van der Waals surface area contributed by atoms with Gasteiger partial charge in [0.15, 0.2) is 0 Å². The average molecular weight is 1110 g/mol. The summed E-state index contributed by atoms with van der Waals surface area (Å²) in [4.78, 5) is 24.6. The summed E-state index contributed by atoms with van der Waals surface area (Å²) < 4.78 is 5.49. The van der Waals surface area contributed by atoms with Crippen LogP contribution in [0.2, 0.25) is 0 Å². The summed E-state index contributed by atoms with van der Waals surface area (Å²) in [7, 11) is 0. The van der Waals surface area contributed by atoms with Gasteiger partial charge in [0.1, 0.15) is 0 Å². The molecule has 0 saturated carbocycles. The standard InChI is InChI=1S/C73H137NO5/c1-3-5-7-9-11-13-15-17-19-21-22-23-24-25-28-31-34-37-41-45-49-53-57-61-65-71(76)70(69-75)74-72(77)66-62-58-54-50-46-42-38-35-32-29-26-27-30-33-36-40-44-48-52-56-60-64-68-79-73(78)67-63-59-55-51-47-43-39-20-18-16-14-12-10-8-6-4-2/h14,16,20,29,32,39,61,65,70-71,75-76H,3-13,15,17-19,21-28,30-31,33-38,40-60,62-64,66-69H2,1-2H3,(H,74,77)/b16-14-,32-29-,39-20-,65-61+. The number of carbonyl (C=O) groups excluding carboxylic acids is 2. The lowest BCUT2D eigenvalue weighted by atomic mass is 10.0. The zero-order valence-electron chi connectivity index (χ0n) is 53.1. The minimum atomic E-state index is -0.851. The molecule has 0 aromatic carbocycles. The van der Waals surface area contributed by atoms with E-state index in [-0.39, 0.29) is 18.5 Å². The zero-order valence-corrected chi connectivity index (χ0v) is 53.1. The summed E-state index contributed by atoms with van der Waals surface area (Å²) in [6.45, 7) is 4.90. The van der Waals surface area contributed by atoms with E-state index in [0.717, 1.165) is 57.8 Å². The van der Waals surface area contributed by atoms with Gasteiger partial charge in [-0.05, 0) is 89.9 Å². The van der Waals surface area contributed by atoms with Gasteiger partial charge in [-0.15, -0.1) is 0 Å². The maximum Gasteiger partial charge on any atom is 0.305 e. The molecule has 0 aromatic rings. The lowest BCUT2D eigenvalue weighted by molar-refractivity contribution is -0.143. The van der Waals surface area contributed by atoms with Gasteiger partial charge in [-0.1, -0.05) is 326 Å². The first kappa shape index (κ1) is 76.8. The molecule has 6 heteroatoms. The van der Waals surface area contributed by atoms with E-state index in [1.165, 1.54) is 295 Å². The Hall–Kier alpha value is -2.18. The Balaban J connectivity index is 3.45. The van der Waals surface area contributed by atoms with E-state index in [1.807, 2.05) is 6.08 Å². The van der Waals surface area contributed by atoms with Gasteiger partial charge in [-0.2, -0.15) is 0 Å². The molecule has 0 aromatic heterocycles. The topological polar surface area (TPSA) is 95.9 Å². The highest BCUT2D eigenvalue weighted by Gasteiger charge is 2.18. The Morgan fingerprint density at radius 3 is 0.987 bits per heavy atom. The van der Waals surface area contributed by atoms with Crippen LogP contribution in [0.3, 0.4) is 0 Å². The number of hydrogen-bond acceptors (Lipinski definition) is 5. The lowest BCUT2D eigenvalue weighted by Crippen LogP contribution is -2.45. The van der Waals surface area contributed by atoms with Crippen LogP contribution in [-0.4, -0.2) is 47.4 Å². The van der Waals surface area contributed by atoms with Crippen molar-refractivity contribution in [2.24, 2.45) is 0 Å². The third kappa shape index (κ3) is 64.8. The largest absolute Gasteiger partial charge is 0.466 e. The minimum Gasteiger partial charge on any atom is -0.466 e. The molecule has 0 bridgehead atoms. The van der Waals surface area contributed by atoms with Crippen LogP contribution in [0.1, 0.15) is 380 Å². The van der Waals surface area contributed by atoms with E-state index in [9.17, 15) is 19.8 Å². The summed E-state index contributed by atoms with van der Waals surface area (Å²) in [6, 6.07) is -0.636. The lowest BCUT2D eigenvalue weighted by Gasteiger charge is -2.20. The van der Waals surface area contributed by atoms with Crippen molar-refractivity contribution < 1.29 is 24.5 Å². The first-order chi connectivity index (χ1) is 39.0. The molecule has 0 heterocycles. The fourth-order valence-electron chi connectivity index (χ4n) is 10.9. The van der Waals surface area contributed by atoms with Crippen LogP contribution in [0.5, 0.6) is 0 Å². The average Bonchev–Trinajstić information content (AvgIpc) is 3.45. The Labute approximate surface area is 493 Å². The van der Waals surface area contributed by atoms with Gasteiger partial charge in [-0.25, -0.2) is 0 Å². The van der Waals surface area contributed by atoms with Crippen LogP contribution in [-0.2, 0) is 14.3 Å². The van der Waals surface area contributed by atoms with Crippen molar-refractivity contribution >= 4 is 11.9 Å². The number of carbonyl (C=O) groups is 2. The molecule has 0 saturated heterocycles. The van der Waals surface area contributed by atoms with Crippen LogP contribution in [0.4, 0.5) is 0 Å². The second kappa shape index (κ2) is 68.3. The summed E-state index contributed by atoms with van der Waals surface area (Å²) in [5.41, 5.74) is 0. The molecule has 3 N–H and O–H groups in total. The number of aliphatic hydroxyl groups is 2. The summed E-state index contributed by atoms with van der Waals surface area (Å²) in [6.07, 6.45) is 88.9. The molecular formula is C73H137NO5. The summed E-state index contributed by atoms with van der Waals surface area (Å²) in [5.74, 6) is -0.0757. The molecular weight excluding hydrogens is 971 g/mol. The highest BCUT2D eigenvalue weighted by Crippen LogP contribution is 2.18. The predicted octanol–water partition coefficient (Wildman–Crippen LogP) is 22.9. The van der Waals surface area contributed by atoms with Crippen molar-refractivity contribution in [3.05, 3.63) is 48.6 Å². The maximum absolute atomic E-state index is 12.5. The van der Waals surface area contributed by atoms with Crippen LogP contribution in [0.25, 0.3) is 0 Å². The van der Waals surface area contributed by atoms with E-state index >= 15 is 0 Å². The number of nitrogens with one attached hydrogen (secondary N) is 1. The monoisotopic (exact) mass is 1110 g/mol. The molecule has 79 heavy (non-hydrogen) atoms. The van der Waals surface area contributed by atoms with Crippen molar-refractivity contribution in [3.8, 4) is 0 Å². The van der Waals surface area contributed by atoms with Crippen molar-refractivity contribution in [3.63, 3.8) is 0 Å². The molecule has 0 radical (unpaired) electrons. The fourth-order valence-corrected chi connectivity index (χ4v) is 10.9. The van der Waals surface area contributed by atoms with E-state index < -0.39 is 12.1 Å². The second-order valence-corrected chi connectivity index (χ2v) is 24.2. The van der Waals surface area contributed by atoms with Crippen LogP contribution in [0, 0.1) is 0 Å². The van der Waals surface area contributed by atoms with Crippen LogP contribution < -0.4 is 5.32 Å². The van der Waals surface area contributed by atoms with Gasteiger partial charge in [-0.3, -0.25) is 9.59 Å². The molecule has 0 aliphatic heterocycles. The fraction of sp³-hybridized carbons (Fsp3) is 0.863. The van der Waals surface area contributed by atoms with Gasteiger partial charge in [0.05, 0.1) is 25.4 Å². The number of amides is 1. The third-order valence-corrected chi connectivity index (χ3v) is 16.3. The van der Waals surface area contributed by atoms with Gasteiger partial charge < -0.3 is 20.3 Å². The summed E-state index contributed by atoms with van der Waals surface area (Å²) >= 11 is 0. The SMILES string of the molecule is CCCCCC/C=C\C/C=C\CCCCCCCC(=O)OCCCCCCCCCCCCC/C=C\CCCCCCCCCC(=O)NC(CO)C(O)/C=C/CCCCCCCCCCCCCCCCCCCCCCCC. The Kier molecular flexibility index (Phi) is 66.4. The number of rotatable bonds is 66. The molecule has 2 unspecified atom stereocenters. The number of allylic oxidation sites excluding steroid dienone is 7. The normalized spacial score (nSPS) is 12.8. The number of ether oxygens (including phenoxy) is 1. The zero-order chi connectivity index (χ0) is 57.1. The van der Waals surface area contributed by atoms with Crippen molar-refractivity contribution in [1.29, 1.82) is 0 Å². The first-order valence-corrected chi connectivity index (χ1v) is 35.4. The smallest absolute Gasteiger partial charge is 0.305 e. The second-order valence-electron chi connectivity index (χ2n) is 24.2. The molecule has 464 valence electrons. The van der Waals surface area contributed by atoms with Crippen LogP contribution in [0.15, 0.2) is 48.6 Å². The molecule has 1 amide bonds. The van der Waals surface area contributed by atoms with E-state index in [2.05, 4.69) is 55.6 Å². The van der Waals surface area contributed by atoms with Crippen molar-refractivity contribution in [2.45, 2.75) is 392 Å². The molecule has 0 aliphatic carbocycles. The molecule has 6 nitrogen and oxygen atoms in total. The van der Waals surface area contributed by atoms with E-state index in [1.54, 1.807) is 6.08 Å². The van der Waals surface area contributed by atoms with E-state index in [4.69, 9.17) is 4.74 Å². The van der Waals surface area contributed by atoms with Gasteiger partial charge in [0, 0.05) is 12.8 Å². The van der Waals surface area contributed by atoms with Gasteiger partial charge >= 0.3 is 5.97 Å². The Bertz CT molecular complexity index is 1320. The van der Waals surface area contributed by atoms with E-state index in [0.29, 0.717) is 19.4 Å². The third-order valence-electron chi connectivity index (χ3n) is 16.3. The number of unbranched alkanes of at least 4 members (excludes halogenated alkanes) is 49. The van der Waals surface area contributed by atoms with Gasteiger partial charge in [0.2, 0.25) is 5.91 Å². The number of aliphatic hydroxyl groups excluding tert-OH is 2. The Morgan fingerprint density at radius 1 is 0.354 bits per heavy atom. The van der Waals surface area contributed by atoms with Crippen molar-refractivity contribution in [2.75, 3.05) is 13.2 Å². The minimum absolute atomic E-state index is 0.00378. The highest BCUT2D eigenvalue weighted by atomic mass is 16.5. The highest BCUT2D eigenvalue weighted by molar-refractivity contribution is 5.76. The van der Waals surface area contributed by atoms with Crippen LogP contribution >= 0.6 is 0 Å². The first-order valence-electron chi connectivity index (χ1n) is 35.4. The number of esters is 1. The quantitative estimate of drug-likeness (QED) is 0.0320. The number of hydrogen-bond donors (Lipinski definition) is 3. The van der Waals surface area contributed by atoms with Gasteiger partial charge in [0.25, 0.3) is 0 Å². The molecule has 0 spiro atoms. The predicted molar refractivity (Wildman–Crippen MR) is 347 cm³/mol. The molecule has 0 aliphatic rings. The molecule has 2 atom stereocenters.